The Hall–Kier alpha value is -2.20. The summed E-state index contributed by atoms with van der Waals surface area (Å²) in [5.74, 6) is 0.439. The molecule has 2 aliphatic rings. The number of benzene rings is 1. The second kappa shape index (κ2) is 10.4. The maximum Gasteiger partial charge on any atom is 0.287 e. The molecule has 8 nitrogen and oxygen atoms in total. The summed E-state index contributed by atoms with van der Waals surface area (Å²) in [4.78, 5) is 22.8. The summed E-state index contributed by atoms with van der Waals surface area (Å²) in [5.41, 5.74) is 2.18. The molecule has 1 atom stereocenters. The van der Waals surface area contributed by atoms with E-state index in [4.69, 9.17) is 16.3 Å². The number of nitrogens with one attached hydrogen (secondary N) is 1. The number of aromatic nitrogens is 4. The summed E-state index contributed by atoms with van der Waals surface area (Å²) in [6.07, 6.45) is 8.99. The molecule has 0 aliphatic carbocycles. The lowest BCUT2D eigenvalue weighted by Gasteiger charge is -2.31. The Kier molecular flexibility index (Phi) is 7.10. The van der Waals surface area contributed by atoms with Gasteiger partial charge in [-0.2, -0.15) is 5.10 Å². The van der Waals surface area contributed by atoms with Crippen LogP contribution in [-0.4, -0.2) is 56.9 Å². The Labute approximate surface area is 201 Å². The summed E-state index contributed by atoms with van der Waals surface area (Å²) < 4.78 is 9.40. The van der Waals surface area contributed by atoms with E-state index in [9.17, 15) is 4.79 Å². The highest BCUT2D eigenvalue weighted by Gasteiger charge is 2.24. The Morgan fingerprint density at radius 1 is 1.15 bits per heavy atom. The second-order valence-corrected chi connectivity index (χ2v) is 10.1. The molecule has 1 unspecified atom stereocenters. The van der Waals surface area contributed by atoms with Crippen LogP contribution >= 0.6 is 23.5 Å². The number of hydrogen-bond donors (Lipinski definition) is 1. The molecular formula is C23H27ClN6O2S. The van der Waals surface area contributed by atoms with Gasteiger partial charge in [0.25, 0.3) is 5.56 Å². The van der Waals surface area contributed by atoms with E-state index in [1.165, 1.54) is 0 Å². The molecule has 2 saturated heterocycles. The molecule has 174 valence electrons. The van der Waals surface area contributed by atoms with Crippen molar-refractivity contribution in [1.82, 2.24) is 24.1 Å². The molecule has 0 saturated carbocycles. The highest BCUT2D eigenvalue weighted by molar-refractivity contribution is 7.97. The molecule has 1 aromatic carbocycles. The van der Waals surface area contributed by atoms with Crippen LogP contribution in [-0.2, 0) is 4.74 Å². The van der Waals surface area contributed by atoms with Gasteiger partial charge in [0.15, 0.2) is 0 Å². The van der Waals surface area contributed by atoms with E-state index >= 15 is 0 Å². The first-order chi connectivity index (χ1) is 16.2. The lowest BCUT2D eigenvalue weighted by atomic mass is 10.0. The van der Waals surface area contributed by atoms with Crippen molar-refractivity contribution < 1.29 is 4.74 Å². The van der Waals surface area contributed by atoms with Gasteiger partial charge in [-0.25, -0.2) is 8.99 Å². The predicted molar refractivity (Wildman–Crippen MR) is 131 cm³/mol. The van der Waals surface area contributed by atoms with Crippen LogP contribution in [0.4, 0.5) is 5.69 Å². The molecule has 4 heterocycles. The van der Waals surface area contributed by atoms with Crippen LogP contribution in [0.25, 0.3) is 11.0 Å². The Bertz CT molecular complexity index is 1160. The van der Waals surface area contributed by atoms with Crippen LogP contribution in [0.2, 0.25) is 5.02 Å². The summed E-state index contributed by atoms with van der Waals surface area (Å²) in [5, 5.41) is 7.97. The first-order valence-electron chi connectivity index (χ1n) is 11.4. The van der Waals surface area contributed by atoms with E-state index in [2.05, 4.69) is 36.8 Å². The SMILES string of the molecule is O=c1c(Cl)c(NCC2CCCOC2)cnn1C1CCN(Sc2ccc3nccnc3c2)CC1. The van der Waals surface area contributed by atoms with Gasteiger partial charge in [0.1, 0.15) is 5.02 Å². The van der Waals surface area contributed by atoms with Crippen LogP contribution in [0.3, 0.4) is 0 Å². The highest BCUT2D eigenvalue weighted by Crippen LogP contribution is 2.31. The summed E-state index contributed by atoms with van der Waals surface area (Å²) in [7, 11) is 0. The summed E-state index contributed by atoms with van der Waals surface area (Å²) >= 11 is 8.14. The first kappa shape index (κ1) is 22.6. The number of nitrogens with zero attached hydrogens (tertiary/aromatic N) is 5. The molecule has 33 heavy (non-hydrogen) atoms. The van der Waals surface area contributed by atoms with Gasteiger partial charge < -0.3 is 10.1 Å². The van der Waals surface area contributed by atoms with E-state index in [1.807, 2.05) is 6.07 Å². The van der Waals surface area contributed by atoms with Crippen LogP contribution < -0.4 is 10.9 Å². The van der Waals surface area contributed by atoms with Gasteiger partial charge in [-0.3, -0.25) is 14.8 Å². The van der Waals surface area contributed by atoms with Crippen molar-refractivity contribution in [3.05, 3.63) is 52.2 Å². The third-order valence-electron chi connectivity index (χ3n) is 6.22. The summed E-state index contributed by atoms with van der Waals surface area (Å²) in [6.45, 7) is 4.05. The fourth-order valence-corrected chi connectivity index (χ4v) is 5.56. The molecule has 10 heteroatoms. The Morgan fingerprint density at radius 2 is 1.97 bits per heavy atom. The molecule has 0 spiro atoms. The smallest absolute Gasteiger partial charge is 0.287 e. The molecule has 0 amide bonds. The molecule has 2 aliphatic heterocycles. The van der Waals surface area contributed by atoms with E-state index in [-0.39, 0.29) is 16.6 Å². The van der Waals surface area contributed by atoms with Gasteiger partial charge in [0.05, 0.1) is 35.6 Å². The molecule has 2 fully saturated rings. The van der Waals surface area contributed by atoms with Crippen LogP contribution in [0, 0.1) is 5.92 Å². The number of ether oxygens (including phenoxy) is 1. The molecule has 0 bridgehead atoms. The average Bonchev–Trinajstić information content (AvgIpc) is 2.86. The number of anilines is 1. The largest absolute Gasteiger partial charge is 0.382 e. The number of piperidine rings is 1. The zero-order valence-electron chi connectivity index (χ0n) is 18.3. The maximum absolute atomic E-state index is 12.9. The maximum atomic E-state index is 12.9. The van der Waals surface area contributed by atoms with E-state index in [0.29, 0.717) is 11.6 Å². The lowest BCUT2D eigenvalue weighted by molar-refractivity contribution is 0.0595. The lowest BCUT2D eigenvalue weighted by Crippen LogP contribution is -2.36. The predicted octanol–water partition coefficient (Wildman–Crippen LogP) is 4.02. The Balaban J connectivity index is 1.18. The Morgan fingerprint density at radius 3 is 2.76 bits per heavy atom. The fourth-order valence-electron chi connectivity index (χ4n) is 4.38. The van der Waals surface area contributed by atoms with Crippen molar-refractivity contribution in [3.63, 3.8) is 0 Å². The number of fused-ring (bicyclic) bond motifs is 1. The highest BCUT2D eigenvalue weighted by atomic mass is 35.5. The molecule has 3 aromatic rings. The van der Waals surface area contributed by atoms with Gasteiger partial charge in [-0.05, 0) is 61.7 Å². The zero-order valence-corrected chi connectivity index (χ0v) is 19.9. The standard InChI is InChI=1S/C23H27ClN6O2S/c24-22-21(27-13-16-2-1-11-32-15-16)14-28-30(23(22)31)17-5-9-29(10-6-17)33-18-3-4-19-20(12-18)26-8-7-25-19/h3-4,7-8,12,14,16-17,27H,1-2,5-6,9-11,13,15H2. The fraction of sp³-hybridized carbons (Fsp3) is 0.478. The number of hydrogen-bond acceptors (Lipinski definition) is 8. The van der Waals surface area contributed by atoms with E-state index < -0.39 is 0 Å². The van der Waals surface area contributed by atoms with Crippen LogP contribution in [0.1, 0.15) is 31.7 Å². The van der Waals surface area contributed by atoms with Gasteiger partial charge in [-0.1, -0.05) is 11.6 Å². The van der Waals surface area contributed by atoms with Crippen molar-refractivity contribution in [2.24, 2.45) is 5.92 Å². The van der Waals surface area contributed by atoms with Crippen molar-refractivity contribution in [2.45, 2.75) is 36.6 Å². The van der Waals surface area contributed by atoms with Crippen molar-refractivity contribution >= 4 is 40.3 Å². The molecule has 0 radical (unpaired) electrons. The third-order valence-corrected chi connectivity index (χ3v) is 7.68. The van der Waals surface area contributed by atoms with E-state index in [1.54, 1.807) is 35.2 Å². The van der Waals surface area contributed by atoms with Gasteiger partial charge in [0, 0.05) is 43.5 Å². The van der Waals surface area contributed by atoms with Gasteiger partial charge in [-0.15, -0.1) is 0 Å². The molecular weight excluding hydrogens is 460 g/mol. The van der Waals surface area contributed by atoms with Crippen LogP contribution in [0.15, 0.2) is 46.5 Å². The quantitative estimate of drug-likeness (QED) is 0.523. The topological polar surface area (TPSA) is 85.2 Å². The monoisotopic (exact) mass is 486 g/mol. The minimum atomic E-state index is -0.222. The molecule has 5 rings (SSSR count). The minimum Gasteiger partial charge on any atom is -0.382 e. The normalized spacial score (nSPS) is 20.2. The minimum absolute atomic E-state index is 0.0510. The first-order valence-corrected chi connectivity index (χ1v) is 12.5. The van der Waals surface area contributed by atoms with Crippen molar-refractivity contribution in [3.8, 4) is 0 Å². The zero-order chi connectivity index (χ0) is 22.6. The second-order valence-electron chi connectivity index (χ2n) is 8.54. The molecule has 2 aromatic heterocycles. The number of rotatable bonds is 6. The summed E-state index contributed by atoms with van der Waals surface area (Å²) in [6, 6.07) is 6.19. The molecule has 1 N–H and O–H groups in total. The van der Waals surface area contributed by atoms with Crippen LogP contribution in [0.5, 0.6) is 0 Å². The van der Waals surface area contributed by atoms with E-state index in [0.717, 1.165) is 74.5 Å². The number of halogens is 1. The van der Waals surface area contributed by atoms with Crippen molar-refractivity contribution in [2.75, 3.05) is 38.2 Å². The van der Waals surface area contributed by atoms with Gasteiger partial charge in [0.2, 0.25) is 0 Å². The third kappa shape index (κ3) is 5.32. The average molecular weight is 487 g/mol. The van der Waals surface area contributed by atoms with Gasteiger partial charge >= 0.3 is 0 Å². The van der Waals surface area contributed by atoms with Crippen molar-refractivity contribution in [1.29, 1.82) is 0 Å².